The predicted octanol–water partition coefficient (Wildman–Crippen LogP) is 5.62. The Kier molecular flexibility index (Phi) is 4.81. The highest BCUT2D eigenvalue weighted by Crippen LogP contribution is 2.68. The molecule has 32 heavy (non-hydrogen) atoms. The Hall–Kier alpha value is -0.330. The number of hydrogen-bond donors (Lipinski definition) is 0. The van der Waals surface area contributed by atoms with Crippen LogP contribution in [-0.4, -0.2) is 49.0 Å². The summed E-state index contributed by atoms with van der Waals surface area (Å²) in [5.41, 5.74) is 3.76. The fraction of sp³-hybridized carbons (Fsp3) is 0.852. The Bertz CT molecular complexity index is 835. The maximum absolute atomic E-state index is 6.34. The van der Waals surface area contributed by atoms with Gasteiger partial charge >= 0.3 is 0 Å². The van der Waals surface area contributed by atoms with Crippen LogP contribution in [0.25, 0.3) is 0 Å². The molecule has 2 aliphatic heterocycles. The highest BCUT2D eigenvalue weighted by molar-refractivity contribution is 8.00. The van der Waals surface area contributed by atoms with Gasteiger partial charge in [0.05, 0.1) is 26.4 Å². The third-order valence-corrected chi connectivity index (χ3v) is 11.6. The summed E-state index contributed by atoms with van der Waals surface area (Å²) in [5, 5.41) is 0.935. The van der Waals surface area contributed by atoms with Crippen molar-refractivity contribution in [2.75, 3.05) is 32.2 Å². The lowest BCUT2D eigenvalue weighted by Crippen LogP contribution is -2.52. The minimum atomic E-state index is -0.335. The zero-order valence-corrected chi connectivity index (χ0v) is 20.4. The van der Waals surface area contributed by atoms with Crippen LogP contribution in [0.15, 0.2) is 23.3 Å². The largest absolute Gasteiger partial charge is 0.347 e. The molecule has 0 aromatic rings. The van der Waals surface area contributed by atoms with Gasteiger partial charge in [0.25, 0.3) is 0 Å². The summed E-state index contributed by atoms with van der Waals surface area (Å²) in [7, 11) is 0. The van der Waals surface area contributed by atoms with E-state index in [0.29, 0.717) is 11.8 Å². The first-order valence-corrected chi connectivity index (χ1v) is 14.2. The average Bonchev–Trinajstić information content (AvgIpc) is 3.19. The van der Waals surface area contributed by atoms with Gasteiger partial charge in [0.15, 0.2) is 11.6 Å². The van der Waals surface area contributed by atoms with Crippen molar-refractivity contribution in [3.63, 3.8) is 0 Å². The lowest BCUT2D eigenvalue weighted by Gasteiger charge is -2.56. The lowest BCUT2D eigenvalue weighted by atomic mass is 9.50. The third-order valence-electron chi connectivity index (χ3n) is 10.3. The number of thioether (sulfide) groups is 1. The van der Waals surface area contributed by atoms with E-state index in [9.17, 15) is 0 Å². The molecule has 0 N–H and O–H groups in total. The zero-order chi connectivity index (χ0) is 21.4. The molecule has 176 valence electrons. The normalized spacial score (nSPS) is 43.7. The highest BCUT2D eigenvalue weighted by atomic mass is 32.2. The van der Waals surface area contributed by atoms with Crippen LogP contribution in [0.3, 0.4) is 0 Å². The number of ether oxygens (including phenoxy) is 4. The molecule has 0 aromatic heterocycles. The maximum atomic E-state index is 6.34. The van der Waals surface area contributed by atoms with Crippen LogP contribution >= 0.6 is 11.8 Å². The van der Waals surface area contributed by atoms with Gasteiger partial charge in [-0.15, -0.1) is 0 Å². The van der Waals surface area contributed by atoms with Gasteiger partial charge in [0, 0.05) is 35.3 Å². The van der Waals surface area contributed by atoms with Crippen LogP contribution in [0.4, 0.5) is 0 Å². The SMILES string of the molecule is C[C@]12CC=C3[C@@H](CC=C4CC5(CC[C@@]43CCSC3CC3)OCCO5)[C@@H]1CCC21OCCO1. The smallest absolute Gasteiger partial charge is 0.174 e. The van der Waals surface area contributed by atoms with E-state index < -0.39 is 0 Å². The minimum Gasteiger partial charge on any atom is -0.347 e. The van der Waals surface area contributed by atoms with Crippen LogP contribution in [0.5, 0.6) is 0 Å². The molecule has 0 amide bonds. The summed E-state index contributed by atoms with van der Waals surface area (Å²) in [6.45, 7) is 5.50. The number of fused-ring (bicyclic) bond motifs is 6. The molecule has 5 fully saturated rings. The van der Waals surface area contributed by atoms with Gasteiger partial charge in [-0.25, -0.2) is 0 Å². The van der Waals surface area contributed by atoms with Crippen molar-refractivity contribution in [1.29, 1.82) is 0 Å². The van der Waals surface area contributed by atoms with Gasteiger partial charge in [-0.3, -0.25) is 0 Å². The topological polar surface area (TPSA) is 36.9 Å². The Labute approximate surface area is 196 Å². The molecule has 4 atom stereocenters. The summed E-state index contributed by atoms with van der Waals surface area (Å²) in [6, 6.07) is 0. The fourth-order valence-corrected chi connectivity index (χ4v) is 9.70. The van der Waals surface area contributed by atoms with Crippen LogP contribution in [0, 0.1) is 22.7 Å². The van der Waals surface area contributed by atoms with E-state index in [1.165, 1.54) is 44.3 Å². The van der Waals surface area contributed by atoms with Crippen molar-refractivity contribution in [3.8, 4) is 0 Å². The van der Waals surface area contributed by atoms with E-state index in [-0.39, 0.29) is 22.4 Å². The number of hydrogen-bond acceptors (Lipinski definition) is 5. The highest BCUT2D eigenvalue weighted by Gasteiger charge is 2.65. The molecule has 7 aliphatic rings. The number of allylic oxidation sites excluding steroid dienone is 3. The van der Waals surface area contributed by atoms with Gasteiger partial charge in [0.1, 0.15) is 0 Å². The molecule has 0 unspecified atom stereocenters. The molecule has 0 aromatic carbocycles. The standard InChI is InChI=1S/C27H38O4S/c1-24-8-6-23-21(22(24)7-9-27(24)30-15-16-31-27)5-2-19-18-26(28-13-14-29-26)11-10-25(19,23)12-17-32-20-3-4-20/h2,6,20-22H,3-5,7-18H2,1H3/t21-,22-,24-,25+/m0/s1. The summed E-state index contributed by atoms with van der Waals surface area (Å²) in [6.07, 6.45) is 17.2. The molecule has 2 spiro atoms. The fourth-order valence-electron chi connectivity index (χ4n) is 8.43. The third kappa shape index (κ3) is 2.90. The Morgan fingerprint density at radius 3 is 2.50 bits per heavy atom. The van der Waals surface area contributed by atoms with Gasteiger partial charge in [0.2, 0.25) is 0 Å². The summed E-state index contributed by atoms with van der Waals surface area (Å²) in [4.78, 5) is 0. The van der Waals surface area contributed by atoms with E-state index in [4.69, 9.17) is 18.9 Å². The molecule has 0 bridgehead atoms. The second-order valence-corrected chi connectivity index (χ2v) is 13.0. The van der Waals surface area contributed by atoms with Gasteiger partial charge in [-0.2, -0.15) is 11.8 Å². The first kappa shape index (κ1) is 21.0. The van der Waals surface area contributed by atoms with Crippen molar-refractivity contribution in [1.82, 2.24) is 0 Å². The van der Waals surface area contributed by atoms with Crippen LogP contribution in [-0.2, 0) is 18.9 Å². The minimum absolute atomic E-state index is 0.112. The molecule has 5 heteroatoms. The van der Waals surface area contributed by atoms with Crippen LogP contribution in [0.2, 0.25) is 0 Å². The molecule has 4 nitrogen and oxygen atoms in total. The molecule has 2 saturated heterocycles. The van der Waals surface area contributed by atoms with Crippen molar-refractivity contribution >= 4 is 11.8 Å². The van der Waals surface area contributed by atoms with Crippen molar-refractivity contribution < 1.29 is 18.9 Å². The lowest BCUT2D eigenvalue weighted by molar-refractivity contribution is -0.228. The molecule has 0 radical (unpaired) electrons. The Morgan fingerprint density at radius 2 is 1.72 bits per heavy atom. The Morgan fingerprint density at radius 1 is 0.938 bits per heavy atom. The first-order chi connectivity index (χ1) is 15.6. The van der Waals surface area contributed by atoms with Crippen molar-refractivity contribution in [2.45, 2.75) is 88.0 Å². The van der Waals surface area contributed by atoms with E-state index in [2.05, 4.69) is 30.8 Å². The predicted molar refractivity (Wildman–Crippen MR) is 125 cm³/mol. The number of rotatable bonds is 4. The van der Waals surface area contributed by atoms with Crippen molar-refractivity contribution in [2.24, 2.45) is 22.7 Å². The Balaban J connectivity index is 1.23. The molecular weight excluding hydrogens is 420 g/mol. The molecule has 3 saturated carbocycles. The molecule has 5 aliphatic carbocycles. The maximum Gasteiger partial charge on any atom is 0.174 e. The monoisotopic (exact) mass is 458 g/mol. The van der Waals surface area contributed by atoms with E-state index in [1.54, 1.807) is 11.1 Å². The second-order valence-electron chi connectivity index (χ2n) is 11.6. The molecule has 2 heterocycles. The first-order valence-electron chi connectivity index (χ1n) is 13.2. The second kappa shape index (κ2) is 7.34. The van der Waals surface area contributed by atoms with Gasteiger partial charge in [-0.1, -0.05) is 30.2 Å². The van der Waals surface area contributed by atoms with E-state index in [0.717, 1.165) is 57.4 Å². The van der Waals surface area contributed by atoms with Gasteiger partial charge in [-0.05, 0) is 62.5 Å². The summed E-state index contributed by atoms with van der Waals surface area (Å²) >= 11 is 2.23. The molecule has 7 rings (SSSR count). The summed E-state index contributed by atoms with van der Waals surface area (Å²) in [5.74, 6) is 1.94. The van der Waals surface area contributed by atoms with Crippen LogP contribution < -0.4 is 0 Å². The summed E-state index contributed by atoms with van der Waals surface area (Å²) < 4.78 is 25.1. The quantitative estimate of drug-likeness (QED) is 0.511. The molecular formula is C27H38O4S. The van der Waals surface area contributed by atoms with E-state index in [1.807, 2.05) is 0 Å². The van der Waals surface area contributed by atoms with Crippen LogP contribution in [0.1, 0.15) is 71.1 Å². The van der Waals surface area contributed by atoms with Crippen molar-refractivity contribution in [3.05, 3.63) is 23.3 Å². The average molecular weight is 459 g/mol. The van der Waals surface area contributed by atoms with E-state index >= 15 is 0 Å². The van der Waals surface area contributed by atoms with Gasteiger partial charge < -0.3 is 18.9 Å². The zero-order valence-electron chi connectivity index (χ0n) is 19.5.